The number of nitrogens with zero attached hydrogens (tertiary/aromatic N) is 3. The highest BCUT2D eigenvalue weighted by molar-refractivity contribution is 5.85. The largest absolute Gasteiger partial charge is 0.295 e. The molecular formula is C22H25N3. The molecule has 0 aliphatic heterocycles. The first-order valence-corrected chi connectivity index (χ1v) is 8.57. The Hall–Kier alpha value is -2.94. The van der Waals surface area contributed by atoms with Crippen LogP contribution in [-0.2, 0) is 0 Å². The van der Waals surface area contributed by atoms with E-state index in [4.69, 9.17) is 4.98 Å². The fourth-order valence-corrected chi connectivity index (χ4v) is 2.56. The molecule has 3 nitrogen and oxygen atoms in total. The van der Waals surface area contributed by atoms with E-state index in [2.05, 4.69) is 54.3 Å². The van der Waals surface area contributed by atoms with Gasteiger partial charge in [0.25, 0.3) is 0 Å². The molecule has 1 aromatic carbocycles. The molecule has 0 radical (unpaired) electrons. The van der Waals surface area contributed by atoms with E-state index in [-0.39, 0.29) is 0 Å². The Balaban J connectivity index is 0.00000109. The van der Waals surface area contributed by atoms with Crippen molar-refractivity contribution in [2.45, 2.75) is 27.7 Å². The molecule has 2 heterocycles. The predicted octanol–water partition coefficient (Wildman–Crippen LogP) is 6.04. The highest BCUT2D eigenvalue weighted by Gasteiger charge is 2.14. The van der Waals surface area contributed by atoms with Crippen molar-refractivity contribution in [3.63, 3.8) is 0 Å². The molecule has 0 saturated heterocycles. The Morgan fingerprint density at radius 1 is 1.12 bits per heavy atom. The number of aromatic nitrogens is 3. The Bertz CT molecular complexity index is 900. The minimum atomic E-state index is 0.854. The maximum atomic E-state index is 4.81. The lowest BCUT2D eigenvalue weighted by atomic mass is 10.2. The maximum Gasteiger partial charge on any atom is 0.164 e. The van der Waals surface area contributed by atoms with Gasteiger partial charge in [-0.2, -0.15) is 0 Å². The summed E-state index contributed by atoms with van der Waals surface area (Å²) in [5, 5.41) is 0. The molecule has 0 unspecified atom stereocenters. The van der Waals surface area contributed by atoms with E-state index in [0.717, 1.165) is 28.2 Å². The van der Waals surface area contributed by atoms with Crippen LogP contribution >= 0.6 is 0 Å². The first kappa shape index (κ1) is 18.4. The van der Waals surface area contributed by atoms with Crippen molar-refractivity contribution in [2.75, 3.05) is 0 Å². The van der Waals surface area contributed by atoms with Crippen LogP contribution in [0.4, 0.5) is 0 Å². The molecule has 0 N–H and O–H groups in total. The molecule has 3 aromatic rings. The minimum absolute atomic E-state index is 0.854. The monoisotopic (exact) mass is 331 g/mol. The number of rotatable bonds is 4. The molecule has 0 atom stereocenters. The molecule has 2 aromatic heterocycles. The number of benzene rings is 1. The lowest BCUT2D eigenvalue weighted by molar-refractivity contribution is 1.10. The molecule has 128 valence electrons. The summed E-state index contributed by atoms with van der Waals surface area (Å²) < 4.78 is 2.14. The summed E-state index contributed by atoms with van der Waals surface area (Å²) in [4.78, 5) is 9.27. The summed E-state index contributed by atoms with van der Waals surface area (Å²) in [6.07, 6.45) is 9.49. The van der Waals surface area contributed by atoms with E-state index in [9.17, 15) is 0 Å². The van der Waals surface area contributed by atoms with E-state index < -0.39 is 0 Å². The van der Waals surface area contributed by atoms with Gasteiger partial charge in [0.05, 0.1) is 11.0 Å². The summed E-state index contributed by atoms with van der Waals surface area (Å²) >= 11 is 0. The van der Waals surface area contributed by atoms with Gasteiger partial charge in [-0.05, 0) is 49.8 Å². The van der Waals surface area contributed by atoms with Gasteiger partial charge in [-0.3, -0.25) is 9.55 Å². The molecule has 0 spiro atoms. The van der Waals surface area contributed by atoms with Crippen LogP contribution in [0.3, 0.4) is 0 Å². The van der Waals surface area contributed by atoms with Gasteiger partial charge in [0.1, 0.15) is 5.69 Å². The van der Waals surface area contributed by atoms with Gasteiger partial charge in [-0.1, -0.05) is 50.8 Å². The molecule has 0 fully saturated rings. The zero-order chi connectivity index (χ0) is 18.2. The third-order valence-electron chi connectivity index (χ3n) is 3.64. The standard InChI is InChI=1S/C20H19N3.C2H6/c1-4-5-6-9-16(3)23-19-12-11-15(2)14-18(19)22-20(23)17-10-7-8-13-21-17;1-2/h4-14H,1H2,2-3H3;1-2H3/b6-5-,16-9+;. The van der Waals surface area contributed by atoms with Crippen LogP contribution in [0.2, 0.25) is 0 Å². The van der Waals surface area contributed by atoms with Gasteiger partial charge in [0.2, 0.25) is 0 Å². The molecule has 0 saturated carbocycles. The van der Waals surface area contributed by atoms with Crippen LogP contribution in [0.5, 0.6) is 0 Å². The van der Waals surface area contributed by atoms with Crippen molar-refractivity contribution in [2.24, 2.45) is 0 Å². The zero-order valence-electron chi connectivity index (χ0n) is 15.4. The zero-order valence-corrected chi connectivity index (χ0v) is 15.4. The Kier molecular flexibility index (Phi) is 6.47. The van der Waals surface area contributed by atoms with Crippen molar-refractivity contribution in [3.05, 3.63) is 79.0 Å². The topological polar surface area (TPSA) is 30.7 Å². The summed E-state index contributed by atoms with van der Waals surface area (Å²) in [5.74, 6) is 0.854. The second kappa shape index (κ2) is 8.78. The SMILES string of the molecule is C=C/C=C\C=C(/C)n1c(-c2ccccn2)nc2cc(C)ccc21.CC. The molecule has 3 rings (SSSR count). The highest BCUT2D eigenvalue weighted by Crippen LogP contribution is 2.27. The molecule has 0 aliphatic carbocycles. The van der Waals surface area contributed by atoms with Crippen LogP contribution < -0.4 is 0 Å². The average Bonchev–Trinajstić information content (AvgIpc) is 3.03. The van der Waals surface area contributed by atoms with Gasteiger partial charge in [0, 0.05) is 11.9 Å². The fraction of sp³-hybridized carbons (Fsp3) is 0.182. The Morgan fingerprint density at radius 2 is 1.92 bits per heavy atom. The minimum Gasteiger partial charge on any atom is -0.295 e. The van der Waals surface area contributed by atoms with E-state index in [1.54, 1.807) is 12.3 Å². The Labute approximate surface area is 150 Å². The molecule has 0 amide bonds. The van der Waals surface area contributed by atoms with Crippen molar-refractivity contribution in [1.82, 2.24) is 14.5 Å². The Morgan fingerprint density at radius 3 is 2.60 bits per heavy atom. The number of hydrogen-bond donors (Lipinski definition) is 0. The van der Waals surface area contributed by atoms with Crippen LogP contribution in [-0.4, -0.2) is 14.5 Å². The van der Waals surface area contributed by atoms with E-state index in [0.29, 0.717) is 0 Å². The number of imidazole rings is 1. The number of fused-ring (bicyclic) bond motifs is 1. The van der Waals surface area contributed by atoms with Gasteiger partial charge >= 0.3 is 0 Å². The quantitative estimate of drug-likeness (QED) is 0.546. The molecule has 0 aliphatic rings. The van der Waals surface area contributed by atoms with Gasteiger partial charge in [-0.15, -0.1) is 0 Å². The molecule has 3 heteroatoms. The maximum absolute atomic E-state index is 4.81. The van der Waals surface area contributed by atoms with Crippen molar-refractivity contribution in [3.8, 4) is 11.5 Å². The second-order valence-electron chi connectivity index (χ2n) is 5.41. The third kappa shape index (κ3) is 4.13. The first-order valence-electron chi connectivity index (χ1n) is 8.57. The van der Waals surface area contributed by atoms with Crippen LogP contribution in [0, 0.1) is 6.92 Å². The fourth-order valence-electron chi connectivity index (χ4n) is 2.56. The molecule has 0 bridgehead atoms. The number of aryl methyl sites for hydroxylation is 1. The second-order valence-corrected chi connectivity index (χ2v) is 5.41. The van der Waals surface area contributed by atoms with Crippen LogP contribution in [0.15, 0.2) is 73.5 Å². The number of pyridine rings is 1. The van der Waals surface area contributed by atoms with E-state index >= 15 is 0 Å². The lowest BCUT2D eigenvalue weighted by Gasteiger charge is -2.08. The van der Waals surface area contributed by atoms with Crippen LogP contribution in [0.25, 0.3) is 28.2 Å². The third-order valence-corrected chi connectivity index (χ3v) is 3.64. The summed E-state index contributed by atoms with van der Waals surface area (Å²) in [5.41, 5.74) is 5.20. The number of hydrogen-bond acceptors (Lipinski definition) is 2. The van der Waals surface area contributed by atoms with E-state index in [1.807, 2.05) is 44.2 Å². The molecule has 25 heavy (non-hydrogen) atoms. The number of allylic oxidation sites excluding steroid dienone is 5. The smallest absolute Gasteiger partial charge is 0.164 e. The average molecular weight is 331 g/mol. The van der Waals surface area contributed by atoms with Gasteiger partial charge in [-0.25, -0.2) is 4.98 Å². The summed E-state index contributed by atoms with van der Waals surface area (Å²) in [6.45, 7) is 11.8. The summed E-state index contributed by atoms with van der Waals surface area (Å²) in [6, 6.07) is 12.2. The lowest BCUT2D eigenvalue weighted by Crippen LogP contribution is -1.98. The van der Waals surface area contributed by atoms with Crippen molar-refractivity contribution in [1.29, 1.82) is 0 Å². The first-order chi connectivity index (χ1) is 12.2. The van der Waals surface area contributed by atoms with Gasteiger partial charge < -0.3 is 0 Å². The molecular weight excluding hydrogens is 306 g/mol. The highest BCUT2D eigenvalue weighted by atomic mass is 15.1. The van der Waals surface area contributed by atoms with Crippen LogP contribution in [0.1, 0.15) is 26.3 Å². The normalized spacial score (nSPS) is 11.4. The van der Waals surface area contributed by atoms with E-state index in [1.165, 1.54) is 5.56 Å². The van der Waals surface area contributed by atoms with Gasteiger partial charge in [0.15, 0.2) is 5.82 Å². The van der Waals surface area contributed by atoms with Crippen molar-refractivity contribution >= 4 is 16.7 Å². The summed E-state index contributed by atoms with van der Waals surface area (Å²) in [7, 11) is 0. The van der Waals surface area contributed by atoms with Crippen molar-refractivity contribution < 1.29 is 0 Å². The predicted molar refractivity (Wildman–Crippen MR) is 108 cm³/mol.